The van der Waals surface area contributed by atoms with Crippen LogP contribution >= 0.6 is 0 Å². The third-order valence-corrected chi connectivity index (χ3v) is 4.07. The summed E-state index contributed by atoms with van der Waals surface area (Å²) in [5.41, 5.74) is 0.0282. The van der Waals surface area contributed by atoms with Crippen molar-refractivity contribution in [3.8, 4) is 5.75 Å². The Balaban J connectivity index is 1.63. The monoisotopic (exact) mass is 346 g/mol. The highest BCUT2D eigenvalue weighted by Crippen LogP contribution is 2.28. The number of fused-ring (bicyclic) bond motifs is 1. The van der Waals surface area contributed by atoms with Gasteiger partial charge in [-0.05, 0) is 45.0 Å². The predicted molar refractivity (Wildman–Crippen MR) is 93.2 cm³/mol. The van der Waals surface area contributed by atoms with Gasteiger partial charge in [0, 0.05) is 37.5 Å². The van der Waals surface area contributed by atoms with Crippen molar-refractivity contribution in [2.45, 2.75) is 45.3 Å². The Morgan fingerprint density at radius 1 is 1.24 bits per heavy atom. The van der Waals surface area contributed by atoms with Crippen LogP contribution in [0.3, 0.4) is 0 Å². The van der Waals surface area contributed by atoms with Crippen molar-refractivity contribution in [3.63, 3.8) is 0 Å². The molecule has 2 aromatic rings. The van der Waals surface area contributed by atoms with Gasteiger partial charge in [0.2, 0.25) is 0 Å². The molecule has 134 valence electrons. The summed E-state index contributed by atoms with van der Waals surface area (Å²) in [6, 6.07) is 6.41. The third kappa shape index (κ3) is 4.18. The Morgan fingerprint density at radius 3 is 2.64 bits per heavy atom. The van der Waals surface area contributed by atoms with E-state index in [-0.39, 0.29) is 18.0 Å². The van der Waals surface area contributed by atoms with Crippen LogP contribution < -0.4 is 4.74 Å². The highest BCUT2D eigenvalue weighted by molar-refractivity contribution is 5.84. The van der Waals surface area contributed by atoms with Gasteiger partial charge in [-0.15, -0.1) is 0 Å². The maximum atomic E-state index is 13.9. The number of amides is 1. The number of ether oxygens (including phenoxy) is 2. The maximum Gasteiger partial charge on any atom is 0.410 e. The van der Waals surface area contributed by atoms with Crippen molar-refractivity contribution in [2.75, 3.05) is 13.1 Å². The zero-order valence-corrected chi connectivity index (χ0v) is 14.8. The normalized spacial score (nSPS) is 16.1. The van der Waals surface area contributed by atoms with Crippen LogP contribution in [0.25, 0.3) is 10.9 Å². The quantitative estimate of drug-likeness (QED) is 0.820. The first-order valence-corrected chi connectivity index (χ1v) is 8.51. The van der Waals surface area contributed by atoms with Crippen molar-refractivity contribution in [1.82, 2.24) is 9.88 Å². The van der Waals surface area contributed by atoms with E-state index in [4.69, 9.17) is 9.47 Å². The Kier molecular flexibility index (Phi) is 4.79. The van der Waals surface area contributed by atoms with E-state index in [1.54, 1.807) is 29.3 Å². The molecule has 1 fully saturated rings. The molecule has 1 aliphatic rings. The standard InChI is InChI=1S/C19H23FN2O3/c1-19(2,3)25-18(23)22-11-8-13(9-12-22)24-16-7-6-15(20)14-5-4-10-21-17(14)16/h4-7,10,13H,8-9,11-12H2,1-3H3. The van der Waals surface area contributed by atoms with Crippen molar-refractivity contribution in [1.29, 1.82) is 0 Å². The Labute approximate surface area is 146 Å². The van der Waals surface area contributed by atoms with Crippen molar-refractivity contribution < 1.29 is 18.7 Å². The molecule has 0 aliphatic carbocycles. The summed E-state index contributed by atoms with van der Waals surface area (Å²) < 4.78 is 25.3. The second-order valence-corrected chi connectivity index (χ2v) is 7.23. The molecule has 6 heteroatoms. The molecule has 5 nitrogen and oxygen atoms in total. The molecule has 1 aromatic carbocycles. The van der Waals surface area contributed by atoms with E-state index in [1.165, 1.54) is 6.07 Å². The molecule has 25 heavy (non-hydrogen) atoms. The van der Waals surface area contributed by atoms with E-state index in [9.17, 15) is 9.18 Å². The average molecular weight is 346 g/mol. The number of piperidine rings is 1. The van der Waals surface area contributed by atoms with Crippen LogP contribution in [0.1, 0.15) is 33.6 Å². The lowest BCUT2D eigenvalue weighted by Crippen LogP contribution is -2.44. The fourth-order valence-corrected chi connectivity index (χ4v) is 2.87. The molecule has 0 bridgehead atoms. The topological polar surface area (TPSA) is 51.7 Å². The molecular weight excluding hydrogens is 323 g/mol. The Bertz CT molecular complexity index is 765. The van der Waals surface area contributed by atoms with E-state index in [2.05, 4.69) is 4.98 Å². The number of carbonyl (C=O) groups excluding carboxylic acids is 1. The minimum absolute atomic E-state index is 0.0330. The summed E-state index contributed by atoms with van der Waals surface area (Å²) in [6.45, 7) is 6.71. The van der Waals surface area contributed by atoms with Crippen LogP contribution in [0.2, 0.25) is 0 Å². The number of likely N-dealkylation sites (tertiary alicyclic amines) is 1. The molecule has 1 saturated heterocycles. The molecule has 1 aliphatic heterocycles. The third-order valence-electron chi connectivity index (χ3n) is 4.07. The molecule has 2 heterocycles. The summed E-state index contributed by atoms with van der Waals surface area (Å²) in [5.74, 6) is 0.267. The molecule has 1 amide bonds. The van der Waals surface area contributed by atoms with E-state index in [1.807, 2.05) is 20.8 Å². The highest BCUT2D eigenvalue weighted by Gasteiger charge is 2.28. The van der Waals surface area contributed by atoms with Gasteiger partial charge in [0.25, 0.3) is 0 Å². The van der Waals surface area contributed by atoms with E-state index in [0.717, 1.165) is 0 Å². The van der Waals surface area contributed by atoms with Gasteiger partial charge in [-0.1, -0.05) is 0 Å². The zero-order chi connectivity index (χ0) is 18.0. The molecule has 0 unspecified atom stereocenters. The SMILES string of the molecule is CC(C)(C)OC(=O)N1CCC(Oc2ccc(F)c3cccnc23)CC1. The molecule has 0 saturated carbocycles. The van der Waals surface area contributed by atoms with Gasteiger partial charge in [0.1, 0.15) is 28.8 Å². The number of aromatic nitrogens is 1. The summed E-state index contributed by atoms with van der Waals surface area (Å²) in [5, 5.41) is 0.450. The number of nitrogens with zero attached hydrogens (tertiary/aromatic N) is 2. The minimum Gasteiger partial charge on any atom is -0.488 e. The van der Waals surface area contributed by atoms with Crippen molar-refractivity contribution >= 4 is 17.0 Å². The van der Waals surface area contributed by atoms with Gasteiger partial charge in [0.15, 0.2) is 0 Å². The number of rotatable bonds is 2. The molecule has 0 N–H and O–H groups in total. The first-order chi connectivity index (χ1) is 11.8. The summed E-state index contributed by atoms with van der Waals surface area (Å²) >= 11 is 0. The number of halogens is 1. The lowest BCUT2D eigenvalue weighted by atomic mass is 10.1. The fraction of sp³-hybridized carbons (Fsp3) is 0.474. The maximum absolute atomic E-state index is 13.9. The van der Waals surface area contributed by atoms with Crippen molar-refractivity contribution in [3.05, 3.63) is 36.3 Å². The van der Waals surface area contributed by atoms with Crippen LogP contribution in [0.4, 0.5) is 9.18 Å². The highest BCUT2D eigenvalue weighted by atomic mass is 19.1. The lowest BCUT2D eigenvalue weighted by Gasteiger charge is -2.33. The summed E-state index contributed by atoms with van der Waals surface area (Å²) in [6.07, 6.45) is 2.70. The van der Waals surface area contributed by atoms with Gasteiger partial charge in [-0.2, -0.15) is 0 Å². The van der Waals surface area contributed by atoms with Gasteiger partial charge in [-0.3, -0.25) is 4.98 Å². The average Bonchev–Trinajstić information content (AvgIpc) is 2.57. The molecule has 3 rings (SSSR count). The van der Waals surface area contributed by atoms with Crippen molar-refractivity contribution in [2.24, 2.45) is 0 Å². The van der Waals surface area contributed by atoms with E-state index < -0.39 is 5.60 Å². The number of hydrogen-bond donors (Lipinski definition) is 0. The number of hydrogen-bond acceptors (Lipinski definition) is 4. The van der Waals surface area contributed by atoms with E-state index >= 15 is 0 Å². The molecule has 1 aromatic heterocycles. The van der Waals surface area contributed by atoms with Gasteiger partial charge in [0.05, 0.1) is 0 Å². The first-order valence-electron chi connectivity index (χ1n) is 8.51. The van der Waals surface area contributed by atoms with Gasteiger partial charge >= 0.3 is 6.09 Å². The second-order valence-electron chi connectivity index (χ2n) is 7.23. The number of pyridine rings is 1. The molecule has 0 spiro atoms. The van der Waals surface area contributed by atoms with Gasteiger partial charge in [-0.25, -0.2) is 9.18 Å². The molecule has 0 atom stereocenters. The Morgan fingerprint density at radius 2 is 1.96 bits per heavy atom. The summed E-state index contributed by atoms with van der Waals surface area (Å²) in [4.78, 5) is 18.0. The van der Waals surface area contributed by atoms with E-state index in [0.29, 0.717) is 42.6 Å². The zero-order valence-electron chi connectivity index (χ0n) is 14.8. The Hall–Kier alpha value is -2.37. The fourth-order valence-electron chi connectivity index (χ4n) is 2.87. The second kappa shape index (κ2) is 6.86. The van der Waals surface area contributed by atoms with Crippen LogP contribution in [0, 0.1) is 5.82 Å². The van der Waals surface area contributed by atoms with Gasteiger partial charge < -0.3 is 14.4 Å². The van der Waals surface area contributed by atoms with Crippen LogP contribution in [-0.2, 0) is 4.74 Å². The van der Waals surface area contributed by atoms with Crippen LogP contribution in [0.5, 0.6) is 5.75 Å². The molecular formula is C19H23FN2O3. The predicted octanol–water partition coefficient (Wildman–Crippen LogP) is 4.15. The lowest BCUT2D eigenvalue weighted by molar-refractivity contribution is 0.0127. The van der Waals surface area contributed by atoms with Crippen LogP contribution in [0.15, 0.2) is 30.5 Å². The number of carbonyl (C=O) groups is 1. The first kappa shape index (κ1) is 17.5. The number of benzene rings is 1. The molecule has 0 radical (unpaired) electrons. The largest absolute Gasteiger partial charge is 0.488 e. The smallest absolute Gasteiger partial charge is 0.410 e. The minimum atomic E-state index is -0.497. The summed E-state index contributed by atoms with van der Waals surface area (Å²) in [7, 11) is 0. The van der Waals surface area contributed by atoms with Crippen LogP contribution in [-0.4, -0.2) is 40.8 Å².